The summed E-state index contributed by atoms with van der Waals surface area (Å²) in [5, 5.41) is 0. The van der Waals surface area contributed by atoms with Crippen LogP contribution in [0.1, 0.15) is 51.9 Å². The molecule has 3 saturated heterocycles. The number of hydrogen-bond acceptors (Lipinski definition) is 3. The van der Waals surface area contributed by atoms with E-state index in [-0.39, 0.29) is 0 Å². The quantitative estimate of drug-likeness (QED) is 0.806. The molecule has 3 heterocycles. The van der Waals surface area contributed by atoms with Gasteiger partial charge in [-0.1, -0.05) is 0 Å². The average molecular weight is 249 g/mol. The molecule has 3 nitrogen and oxygen atoms in total. The fourth-order valence-corrected chi connectivity index (χ4v) is 5.01. The van der Waals surface area contributed by atoms with Crippen molar-refractivity contribution in [2.45, 2.75) is 88.1 Å². The summed E-state index contributed by atoms with van der Waals surface area (Å²) in [5.74, 6) is 0. The Bertz CT molecular complexity index is 314. The Hall–Kier alpha value is -0.120. The summed E-state index contributed by atoms with van der Waals surface area (Å²) in [5.41, 5.74) is 6.19. The van der Waals surface area contributed by atoms with E-state index in [1.54, 1.807) is 0 Å². The fourth-order valence-electron chi connectivity index (χ4n) is 5.01. The Balaban J connectivity index is 1.48. The zero-order valence-electron chi connectivity index (χ0n) is 11.6. The van der Waals surface area contributed by atoms with Gasteiger partial charge in [-0.2, -0.15) is 0 Å². The first-order valence-electron chi connectivity index (χ1n) is 8.01. The molecule has 0 radical (unpaired) electrons. The monoisotopic (exact) mass is 249 g/mol. The summed E-state index contributed by atoms with van der Waals surface area (Å²) in [4.78, 5) is 5.68. The van der Waals surface area contributed by atoms with Gasteiger partial charge in [-0.05, 0) is 51.9 Å². The van der Waals surface area contributed by atoms with E-state index in [9.17, 15) is 0 Å². The van der Waals surface area contributed by atoms with Gasteiger partial charge in [0.1, 0.15) is 0 Å². The lowest BCUT2D eigenvalue weighted by Crippen LogP contribution is -2.52. The minimum absolute atomic E-state index is 0.483. The fraction of sp³-hybridized carbons (Fsp3) is 1.00. The zero-order chi connectivity index (χ0) is 12.3. The van der Waals surface area contributed by atoms with E-state index in [4.69, 9.17) is 5.73 Å². The van der Waals surface area contributed by atoms with Crippen LogP contribution in [0.15, 0.2) is 0 Å². The number of likely N-dealkylation sites (tertiary alicyclic amines) is 1. The molecule has 0 aromatic heterocycles. The van der Waals surface area contributed by atoms with Gasteiger partial charge in [0, 0.05) is 42.8 Å². The molecule has 2 bridgehead atoms. The van der Waals surface area contributed by atoms with Crippen molar-refractivity contribution in [1.82, 2.24) is 9.80 Å². The Kier molecular flexibility index (Phi) is 2.72. The van der Waals surface area contributed by atoms with Gasteiger partial charge in [-0.25, -0.2) is 0 Å². The van der Waals surface area contributed by atoms with Crippen LogP contribution in [0.5, 0.6) is 0 Å². The molecule has 18 heavy (non-hydrogen) atoms. The van der Waals surface area contributed by atoms with E-state index in [1.807, 2.05) is 0 Å². The summed E-state index contributed by atoms with van der Waals surface area (Å²) >= 11 is 0. The molecule has 1 aliphatic carbocycles. The second kappa shape index (κ2) is 4.19. The normalized spacial score (nSPS) is 50.0. The lowest BCUT2D eigenvalue weighted by molar-refractivity contribution is 0.0797. The summed E-state index contributed by atoms with van der Waals surface area (Å²) in [7, 11) is 0. The van der Waals surface area contributed by atoms with Crippen molar-refractivity contribution >= 4 is 0 Å². The number of hydrogen-bond donors (Lipinski definition) is 1. The van der Waals surface area contributed by atoms with Crippen molar-refractivity contribution in [3.05, 3.63) is 0 Å². The summed E-state index contributed by atoms with van der Waals surface area (Å²) in [6.07, 6.45) is 9.64. The van der Waals surface area contributed by atoms with Crippen LogP contribution >= 0.6 is 0 Å². The number of fused-ring (bicyclic) bond motifs is 2. The van der Waals surface area contributed by atoms with Crippen molar-refractivity contribution in [2.24, 2.45) is 5.73 Å². The van der Waals surface area contributed by atoms with Crippen LogP contribution in [0.25, 0.3) is 0 Å². The maximum absolute atomic E-state index is 6.19. The van der Waals surface area contributed by atoms with Gasteiger partial charge in [0.05, 0.1) is 0 Å². The molecule has 2 N–H and O–H groups in total. The Morgan fingerprint density at radius 3 is 2.06 bits per heavy atom. The summed E-state index contributed by atoms with van der Waals surface area (Å²) in [6.45, 7) is 3.78. The molecule has 4 aliphatic rings. The average Bonchev–Trinajstić information content (AvgIpc) is 3.04. The highest BCUT2D eigenvalue weighted by molar-refractivity contribution is 5.04. The Labute approximate surface area is 111 Å². The molecule has 4 rings (SSSR count). The Morgan fingerprint density at radius 2 is 1.44 bits per heavy atom. The third-order valence-electron chi connectivity index (χ3n) is 5.86. The van der Waals surface area contributed by atoms with E-state index in [0.29, 0.717) is 6.04 Å². The maximum Gasteiger partial charge on any atom is 0.0244 e. The third-order valence-corrected chi connectivity index (χ3v) is 5.86. The minimum atomic E-state index is 0.483. The van der Waals surface area contributed by atoms with E-state index >= 15 is 0 Å². The van der Waals surface area contributed by atoms with Crippen molar-refractivity contribution in [3.8, 4) is 0 Å². The molecule has 0 aromatic rings. The van der Waals surface area contributed by atoms with Gasteiger partial charge in [-0.15, -0.1) is 0 Å². The van der Waals surface area contributed by atoms with Crippen LogP contribution < -0.4 is 5.73 Å². The van der Waals surface area contributed by atoms with Crippen molar-refractivity contribution in [1.29, 1.82) is 0 Å². The van der Waals surface area contributed by atoms with Crippen LogP contribution in [0, 0.1) is 0 Å². The highest BCUT2D eigenvalue weighted by Crippen LogP contribution is 2.41. The second-order valence-corrected chi connectivity index (χ2v) is 7.23. The molecular weight excluding hydrogens is 222 g/mol. The predicted molar refractivity (Wildman–Crippen MR) is 73.5 cm³/mol. The predicted octanol–water partition coefficient (Wildman–Crippen LogP) is 1.57. The summed E-state index contributed by atoms with van der Waals surface area (Å²) < 4.78 is 0. The molecule has 0 spiro atoms. The van der Waals surface area contributed by atoms with Gasteiger partial charge >= 0.3 is 0 Å². The van der Waals surface area contributed by atoms with E-state index < -0.39 is 0 Å². The van der Waals surface area contributed by atoms with E-state index in [1.165, 1.54) is 51.5 Å². The highest BCUT2D eigenvalue weighted by atomic mass is 15.3. The first-order valence-corrected chi connectivity index (χ1v) is 8.01. The molecule has 1 saturated carbocycles. The van der Waals surface area contributed by atoms with Crippen LogP contribution in [-0.2, 0) is 0 Å². The number of nitrogens with zero attached hydrogens (tertiary/aromatic N) is 2. The molecule has 4 unspecified atom stereocenters. The van der Waals surface area contributed by atoms with Crippen LogP contribution in [0.2, 0.25) is 0 Å². The molecule has 4 fully saturated rings. The molecular formula is C15H27N3. The number of nitrogens with two attached hydrogens (primary N) is 1. The first-order chi connectivity index (χ1) is 8.72. The smallest absolute Gasteiger partial charge is 0.0244 e. The van der Waals surface area contributed by atoms with Gasteiger partial charge in [0.15, 0.2) is 0 Å². The van der Waals surface area contributed by atoms with Crippen molar-refractivity contribution in [3.63, 3.8) is 0 Å². The molecule has 0 amide bonds. The van der Waals surface area contributed by atoms with Crippen molar-refractivity contribution < 1.29 is 0 Å². The standard InChI is InChI=1S/C15H27N3/c1-10-6-15(9-17(10)12-2-3-12)18-13-4-5-14(18)8-11(16)7-13/h10-15H,2-9,16H2,1H3. The number of rotatable bonds is 2. The summed E-state index contributed by atoms with van der Waals surface area (Å²) in [6, 6.07) is 4.71. The lowest BCUT2D eigenvalue weighted by Gasteiger charge is -2.41. The largest absolute Gasteiger partial charge is 0.328 e. The second-order valence-electron chi connectivity index (χ2n) is 7.23. The van der Waals surface area contributed by atoms with Crippen LogP contribution in [-0.4, -0.2) is 52.6 Å². The lowest BCUT2D eigenvalue weighted by atomic mass is 9.95. The maximum atomic E-state index is 6.19. The van der Waals surface area contributed by atoms with Gasteiger partial charge in [0.2, 0.25) is 0 Å². The molecule has 0 aromatic carbocycles. The topological polar surface area (TPSA) is 32.5 Å². The van der Waals surface area contributed by atoms with Gasteiger partial charge < -0.3 is 5.73 Å². The van der Waals surface area contributed by atoms with Crippen molar-refractivity contribution in [2.75, 3.05) is 6.54 Å². The molecule has 3 aliphatic heterocycles. The third kappa shape index (κ3) is 1.83. The zero-order valence-corrected chi connectivity index (χ0v) is 11.6. The van der Waals surface area contributed by atoms with Gasteiger partial charge in [0.25, 0.3) is 0 Å². The molecule has 4 atom stereocenters. The van der Waals surface area contributed by atoms with Crippen LogP contribution in [0.4, 0.5) is 0 Å². The van der Waals surface area contributed by atoms with Crippen LogP contribution in [0.3, 0.4) is 0 Å². The Morgan fingerprint density at radius 1 is 0.833 bits per heavy atom. The van der Waals surface area contributed by atoms with E-state index in [2.05, 4.69) is 16.7 Å². The number of piperidine rings is 1. The molecule has 3 heteroatoms. The minimum Gasteiger partial charge on any atom is -0.328 e. The first kappa shape index (κ1) is 11.7. The highest BCUT2D eigenvalue weighted by Gasteiger charge is 2.47. The molecule has 102 valence electrons. The van der Waals surface area contributed by atoms with E-state index in [0.717, 1.165) is 30.2 Å². The van der Waals surface area contributed by atoms with Gasteiger partial charge in [-0.3, -0.25) is 9.80 Å². The SMILES string of the molecule is CC1CC(N2C3CCC2CC(N)C3)CN1C1CC1.